The van der Waals surface area contributed by atoms with Crippen LogP contribution < -0.4 is 14.4 Å². The van der Waals surface area contributed by atoms with E-state index in [4.69, 9.17) is 4.74 Å². The topological polar surface area (TPSA) is 96.0 Å². The summed E-state index contributed by atoms with van der Waals surface area (Å²) < 4.78 is 44.4. The molecule has 0 fully saturated rings. The van der Waals surface area contributed by atoms with Crippen molar-refractivity contribution in [1.82, 2.24) is 10.2 Å². The molecule has 0 aliphatic heterocycles. The Kier molecular flexibility index (Phi) is 10.7. The summed E-state index contributed by atoms with van der Waals surface area (Å²) in [6, 6.07) is 11.7. The zero-order chi connectivity index (χ0) is 26.9. The summed E-state index contributed by atoms with van der Waals surface area (Å²) in [5.41, 5.74) is 1.13. The monoisotopic (exact) mass is 521 g/mol. The van der Waals surface area contributed by atoms with Gasteiger partial charge in [0.25, 0.3) is 0 Å². The molecule has 0 spiro atoms. The van der Waals surface area contributed by atoms with Gasteiger partial charge in [0.1, 0.15) is 17.6 Å². The fourth-order valence-electron chi connectivity index (χ4n) is 3.88. The lowest BCUT2D eigenvalue weighted by atomic mass is 10.1. The van der Waals surface area contributed by atoms with E-state index in [1.54, 1.807) is 13.2 Å². The maximum absolute atomic E-state index is 13.4. The molecule has 2 aromatic rings. The van der Waals surface area contributed by atoms with Crippen molar-refractivity contribution >= 4 is 27.5 Å². The second-order valence-corrected chi connectivity index (χ2v) is 10.8. The highest BCUT2D eigenvalue weighted by atomic mass is 32.2. The van der Waals surface area contributed by atoms with E-state index in [-0.39, 0.29) is 43.8 Å². The fraction of sp³-hybridized carbons (Fsp3) is 0.462. The van der Waals surface area contributed by atoms with Crippen molar-refractivity contribution in [2.24, 2.45) is 0 Å². The van der Waals surface area contributed by atoms with Gasteiger partial charge in [-0.05, 0) is 68.7 Å². The molecule has 0 saturated carbocycles. The van der Waals surface area contributed by atoms with Gasteiger partial charge in [-0.15, -0.1) is 0 Å². The van der Waals surface area contributed by atoms with E-state index in [1.807, 2.05) is 39.0 Å². The van der Waals surface area contributed by atoms with E-state index in [9.17, 15) is 22.4 Å². The Morgan fingerprint density at radius 1 is 1.11 bits per heavy atom. The zero-order valence-corrected chi connectivity index (χ0v) is 22.3. The number of methoxy groups -OCH3 is 1. The Hall–Kier alpha value is -3.14. The molecule has 8 nitrogen and oxygen atoms in total. The number of benzene rings is 2. The van der Waals surface area contributed by atoms with Gasteiger partial charge in [0.05, 0.1) is 19.1 Å². The number of carbonyl (C=O) groups is 2. The van der Waals surface area contributed by atoms with Gasteiger partial charge in [-0.2, -0.15) is 0 Å². The second kappa shape index (κ2) is 13.2. The third-order valence-electron chi connectivity index (χ3n) is 5.57. The normalized spacial score (nSPS) is 12.2. The summed E-state index contributed by atoms with van der Waals surface area (Å²) in [5, 5.41) is 2.88. The van der Waals surface area contributed by atoms with Crippen LogP contribution in [0.3, 0.4) is 0 Å². The number of nitrogens with one attached hydrogen (secondary N) is 1. The molecule has 0 radical (unpaired) electrons. The van der Waals surface area contributed by atoms with Crippen molar-refractivity contribution in [3.05, 3.63) is 59.9 Å². The van der Waals surface area contributed by atoms with Crippen molar-refractivity contribution in [2.75, 3.05) is 24.2 Å². The maximum Gasteiger partial charge on any atom is 0.243 e. The molecular formula is C26H36FN3O5S. The minimum Gasteiger partial charge on any atom is -0.497 e. The number of hydrogen-bond donors (Lipinski definition) is 1. The number of hydrogen-bond acceptors (Lipinski definition) is 5. The van der Waals surface area contributed by atoms with Crippen LogP contribution in [0.15, 0.2) is 48.5 Å². The van der Waals surface area contributed by atoms with Crippen LogP contribution in [0.1, 0.15) is 45.6 Å². The average Bonchev–Trinajstić information content (AvgIpc) is 2.81. The van der Waals surface area contributed by atoms with Crippen LogP contribution in [-0.4, -0.2) is 57.1 Å². The Labute approximate surface area is 213 Å². The standard InChI is InChI=1S/C26H36FN3O5S/c1-6-24(26(32)28-19(2)3)29(18-20-9-7-10-23(17-20)35-4)25(31)11-8-16-30(36(5,33)34)22-14-12-21(27)13-15-22/h7,9-10,12-15,17,19,24H,6,8,11,16,18H2,1-5H3,(H,28,32)/t24-/m1/s1. The van der Waals surface area contributed by atoms with Crippen LogP contribution in [0.2, 0.25) is 0 Å². The number of sulfonamides is 1. The molecule has 0 saturated heterocycles. The molecule has 1 N–H and O–H groups in total. The average molecular weight is 522 g/mol. The lowest BCUT2D eigenvalue weighted by molar-refractivity contribution is -0.141. The maximum atomic E-state index is 13.4. The van der Waals surface area contributed by atoms with Gasteiger partial charge in [-0.3, -0.25) is 13.9 Å². The van der Waals surface area contributed by atoms with Gasteiger partial charge in [-0.1, -0.05) is 19.1 Å². The summed E-state index contributed by atoms with van der Waals surface area (Å²) in [4.78, 5) is 27.9. The van der Waals surface area contributed by atoms with Gasteiger partial charge in [0, 0.05) is 25.6 Å². The summed E-state index contributed by atoms with van der Waals surface area (Å²) in [7, 11) is -2.09. The van der Waals surface area contributed by atoms with Crippen molar-refractivity contribution in [1.29, 1.82) is 0 Å². The van der Waals surface area contributed by atoms with Crippen LogP contribution in [0.25, 0.3) is 0 Å². The molecule has 2 aromatic carbocycles. The number of anilines is 1. The van der Waals surface area contributed by atoms with Crippen LogP contribution in [-0.2, 0) is 26.2 Å². The molecule has 0 aliphatic rings. The molecule has 10 heteroatoms. The molecule has 2 rings (SSSR count). The van der Waals surface area contributed by atoms with Crippen molar-refractivity contribution in [2.45, 2.75) is 58.7 Å². The van der Waals surface area contributed by atoms with Crippen molar-refractivity contribution in [3.63, 3.8) is 0 Å². The van der Waals surface area contributed by atoms with Crippen LogP contribution in [0, 0.1) is 5.82 Å². The molecule has 0 bridgehead atoms. The Balaban J connectivity index is 2.23. The van der Waals surface area contributed by atoms with Gasteiger partial charge in [-0.25, -0.2) is 12.8 Å². The summed E-state index contributed by atoms with van der Waals surface area (Å²) in [6.07, 6.45) is 1.73. The van der Waals surface area contributed by atoms with Gasteiger partial charge < -0.3 is 15.0 Å². The molecule has 198 valence electrons. The lowest BCUT2D eigenvalue weighted by Crippen LogP contribution is -2.50. The molecule has 0 heterocycles. The van der Waals surface area contributed by atoms with E-state index < -0.39 is 21.9 Å². The Bertz CT molecular complexity index is 1120. The van der Waals surface area contributed by atoms with Gasteiger partial charge in [0.2, 0.25) is 21.8 Å². The zero-order valence-electron chi connectivity index (χ0n) is 21.5. The minimum absolute atomic E-state index is 0.0304. The molecule has 2 amide bonds. The van der Waals surface area contributed by atoms with E-state index >= 15 is 0 Å². The number of ether oxygens (including phenoxy) is 1. The Morgan fingerprint density at radius 3 is 2.33 bits per heavy atom. The first-order valence-corrected chi connectivity index (χ1v) is 13.8. The first-order chi connectivity index (χ1) is 17.0. The summed E-state index contributed by atoms with van der Waals surface area (Å²) in [6.45, 7) is 5.80. The van der Waals surface area contributed by atoms with Crippen LogP contribution >= 0.6 is 0 Å². The highest BCUT2D eigenvalue weighted by Gasteiger charge is 2.29. The number of nitrogens with zero attached hydrogens (tertiary/aromatic N) is 2. The highest BCUT2D eigenvalue weighted by Crippen LogP contribution is 2.21. The fourth-order valence-corrected chi connectivity index (χ4v) is 4.84. The summed E-state index contributed by atoms with van der Waals surface area (Å²) >= 11 is 0. The molecule has 1 atom stereocenters. The molecular weight excluding hydrogens is 485 g/mol. The van der Waals surface area contributed by atoms with E-state index in [0.717, 1.165) is 16.1 Å². The summed E-state index contributed by atoms with van der Waals surface area (Å²) in [5.74, 6) is -0.340. The quantitative estimate of drug-likeness (QED) is 0.434. The van der Waals surface area contributed by atoms with Crippen LogP contribution in [0.5, 0.6) is 5.75 Å². The first kappa shape index (κ1) is 29.1. The molecule has 0 aliphatic carbocycles. The van der Waals surface area contributed by atoms with Gasteiger partial charge >= 0.3 is 0 Å². The third kappa shape index (κ3) is 8.51. The molecule has 0 aromatic heterocycles. The predicted molar refractivity (Wildman–Crippen MR) is 139 cm³/mol. The highest BCUT2D eigenvalue weighted by molar-refractivity contribution is 7.92. The Morgan fingerprint density at radius 2 is 1.78 bits per heavy atom. The first-order valence-electron chi connectivity index (χ1n) is 11.9. The number of amides is 2. The largest absolute Gasteiger partial charge is 0.497 e. The number of carbonyl (C=O) groups excluding carboxylic acids is 2. The third-order valence-corrected chi connectivity index (χ3v) is 6.76. The number of rotatable bonds is 13. The van der Waals surface area contributed by atoms with E-state index in [2.05, 4.69) is 5.32 Å². The van der Waals surface area contributed by atoms with Crippen LogP contribution in [0.4, 0.5) is 10.1 Å². The van der Waals surface area contributed by atoms with E-state index in [0.29, 0.717) is 17.9 Å². The van der Waals surface area contributed by atoms with E-state index in [1.165, 1.54) is 29.2 Å². The molecule has 0 unspecified atom stereocenters. The minimum atomic E-state index is -3.65. The van der Waals surface area contributed by atoms with Crippen molar-refractivity contribution < 1.29 is 27.1 Å². The molecule has 36 heavy (non-hydrogen) atoms. The van der Waals surface area contributed by atoms with Gasteiger partial charge in [0.15, 0.2) is 0 Å². The SMILES string of the molecule is CC[C@H](C(=O)NC(C)C)N(Cc1cccc(OC)c1)C(=O)CCCN(c1ccc(F)cc1)S(C)(=O)=O. The van der Waals surface area contributed by atoms with Crippen molar-refractivity contribution in [3.8, 4) is 5.75 Å². The lowest BCUT2D eigenvalue weighted by Gasteiger charge is -2.31. The second-order valence-electron chi connectivity index (χ2n) is 8.88. The predicted octanol–water partition coefficient (Wildman–Crippen LogP) is 3.71. The number of halogens is 1. The smallest absolute Gasteiger partial charge is 0.243 e.